The van der Waals surface area contributed by atoms with Crippen LogP contribution in [0.2, 0.25) is 0 Å². The van der Waals surface area contributed by atoms with E-state index in [1.54, 1.807) is 0 Å². The van der Waals surface area contributed by atoms with Crippen molar-refractivity contribution >= 4 is 0 Å². The third-order valence-corrected chi connectivity index (χ3v) is 5.24. The number of nitrogens with one attached hydrogen (secondary N) is 1. The maximum absolute atomic E-state index is 3.78. The number of hydrogen-bond acceptors (Lipinski definition) is 3. The van der Waals surface area contributed by atoms with Crippen molar-refractivity contribution in [3.8, 4) is 0 Å². The molecule has 0 spiro atoms. The van der Waals surface area contributed by atoms with Crippen LogP contribution >= 0.6 is 0 Å². The zero-order valence-corrected chi connectivity index (χ0v) is 13.9. The van der Waals surface area contributed by atoms with Crippen LogP contribution in [-0.4, -0.2) is 60.6 Å². The Balaban J connectivity index is 1.82. The smallest absolute Gasteiger partial charge is 0.0120 e. The molecule has 2 unspecified atom stereocenters. The molecule has 2 aliphatic heterocycles. The number of piperidine rings is 1. The van der Waals surface area contributed by atoms with E-state index in [2.05, 4.69) is 35.9 Å². The molecule has 2 atom stereocenters. The van der Waals surface area contributed by atoms with Crippen molar-refractivity contribution in [3.63, 3.8) is 0 Å². The highest BCUT2D eigenvalue weighted by Gasteiger charge is 2.26. The summed E-state index contributed by atoms with van der Waals surface area (Å²) < 4.78 is 0. The molecular formula is C17H35N3. The topological polar surface area (TPSA) is 18.5 Å². The average molecular weight is 281 g/mol. The van der Waals surface area contributed by atoms with Gasteiger partial charge in [0, 0.05) is 18.1 Å². The van der Waals surface area contributed by atoms with Gasteiger partial charge in [0.1, 0.15) is 0 Å². The maximum atomic E-state index is 3.78. The molecule has 20 heavy (non-hydrogen) atoms. The monoisotopic (exact) mass is 281 g/mol. The van der Waals surface area contributed by atoms with Gasteiger partial charge in [-0.2, -0.15) is 0 Å². The zero-order valence-electron chi connectivity index (χ0n) is 13.9. The lowest BCUT2D eigenvalue weighted by Crippen LogP contribution is -2.50. The SMILES string of the molecule is CCCN1CCC(N2CCC(C)NC(CC)CC2)CC1. The number of likely N-dealkylation sites (tertiary alicyclic amines) is 1. The van der Waals surface area contributed by atoms with Gasteiger partial charge >= 0.3 is 0 Å². The molecule has 3 nitrogen and oxygen atoms in total. The summed E-state index contributed by atoms with van der Waals surface area (Å²) in [4.78, 5) is 5.46. The molecule has 0 amide bonds. The highest BCUT2D eigenvalue weighted by atomic mass is 15.2. The van der Waals surface area contributed by atoms with Crippen molar-refractivity contribution in [1.29, 1.82) is 0 Å². The summed E-state index contributed by atoms with van der Waals surface area (Å²) in [6.45, 7) is 13.5. The molecule has 0 radical (unpaired) electrons. The van der Waals surface area contributed by atoms with E-state index in [-0.39, 0.29) is 0 Å². The van der Waals surface area contributed by atoms with Crippen molar-refractivity contribution in [2.45, 2.75) is 77.4 Å². The molecule has 1 N–H and O–H groups in total. The summed E-state index contributed by atoms with van der Waals surface area (Å²) in [5.41, 5.74) is 0. The van der Waals surface area contributed by atoms with Crippen LogP contribution in [0.4, 0.5) is 0 Å². The molecule has 0 aliphatic carbocycles. The van der Waals surface area contributed by atoms with Crippen molar-refractivity contribution in [3.05, 3.63) is 0 Å². The van der Waals surface area contributed by atoms with Crippen molar-refractivity contribution in [2.24, 2.45) is 0 Å². The Hall–Kier alpha value is -0.120. The fourth-order valence-electron chi connectivity index (χ4n) is 3.87. The molecule has 3 heteroatoms. The van der Waals surface area contributed by atoms with Gasteiger partial charge in [0.05, 0.1) is 0 Å². The minimum absolute atomic E-state index is 0.683. The first-order chi connectivity index (χ1) is 9.72. The number of rotatable bonds is 4. The fraction of sp³-hybridized carbons (Fsp3) is 1.00. The second kappa shape index (κ2) is 8.35. The quantitative estimate of drug-likeness (QED) is 0.855. The lowest BCUT2D eigenvalue weighted by atomic mass is 9.99. The van der Waals surface area contributed by atoms with Gasteiger partial charge in [-0.3, -0.25) is 0 Å². The fourth-order valence-corrected chi connectivity index (χ4v) is 3.87. The van der Waals surface area contributed by atoms with E-state index in [1.165, 1.54) is 71.2 Å². The van der Waals surface area contributed by atoms with Gasteiger partial charge in [0.25, 0.3) is 0 Å². The third-order valence-electron chi connectivity index (χ3n) is 5.24. The molecule has 2 fully saturated rings. The van der Waals surface area contributed by atoms with Crippen LogP contribution in [0.25, 0.3) is 0 Å². The number of nitrogens with zero attached hydrogens (tertiary/aromatic N) is 2. The minimum Gasteiger partial charge on any atom is -0.311 e. The second-order valence-electron chi connectivity index (χ2n) is 6.86. The van der Waals surface area contributed by atoms with Gasteiger partial charge < -0.3 is 15.1 Å². The first-order valence-electron chi connectivity index (χ1n) is 8.95. The standard InChI is InChI=1S/C17H35N3/c1-4-10-19-11-8-17(9-12-19)20-13-6-15(3)18-16(5-2)7-14-20/h15-18H,4-14H2,1-3H3. The molecule has 118 valence electrons. The van der Waals surface area contributed by atoms with Crippen molar-refractivity contribution in [2.75, 3.05) is 32.7 Å². The van der Waals surface area contributed by atoms with Crippen LogP contribution in [0.15, 0.2) is 0 Å². The summed E-state index contributed by atoms with van der Waals surface area (Å²) in [5, 5.41) is 3.78. The van der Waals surface area contributed by atoms with Gasteiger partial charge in [0.2, 0.25) is 0 Å². The van der Waals surface area contributed by atoms with Gasteiger partial charge in [-0.25, -0.2) is 0 Å². The Labute approximate surface area is 126 Å². The average Bonchev–Trinajstić information content (AvgIpc) is 2.45. The molecule has 2 rings (SSSR count). The summed E-state index contributed by atoms with van der Waals surface area (Å²) >= 11 is 0. The Kier molecular flexibility index (Phi) is 6.79. The van der Waals surface area contributed by atoms with E-state index >= 15 is 0 Å². The first kappa shape index (κ1) is 16.3. The molecule has 0 bridgehead atoms. The Morgan fingerprint density at radius 3 is 2.30 bits per heavy atom. The van der Waals surface area contributed by atoms with Gasteiger partial charge in [-0.05, 0) is 78.2 Å². The van der Waals surface area contributed by atoms with Gasteiger partial charge in [-0.1, -0.05) is 13.8 Å². The van der Waals surface area contributed by atoms with Crippen molar-refractivity contribution in [1.82, 2.24) is 15.1 Å². The van der Waals surface area contributed by atoms with Gasteiger partial charge in [0.15, 0.2) is 0 Å². The van der Waals surface area contributed by atoms with E-state index in [1.807, 2.05) is 0 Å². The van der Waals surface area contributed by atoms with E-state index < -0.39 is 0 Å². The Bertz CT molecular complexity index is 261. The molecule has 0 aromatic rings. The van der Waals surface area contributed by atoms with Crippen LogP contribution in [0.1, 0.15) is 59.3 Å². The maximum Gasteiger partial charge on any atom is 0.0120 e. The summed E-state index contributed by atoms with van der Waals surface area (Å²) in [6.07, 6.45) is 7.99. The molecule has 2 aliphatic rings. The van der Waals surface area contributed by atoms with E-state index in [9.17, 15) is 0 Å². The van der Waals surface area contributed by atoms with Crippen LogP contribution < -0.4 is 5.32 Å². The normalized spacial score (nSPS) is 31.9. The highest BCUT2D eigenvalue weighted by molar-refractivity contribution is 4.84. The lowest BCUT2D eigenvalue weighted by molar-refractivity contribution is 0.0932. The summed E-state index contributed by atoms with van der Waals surface area (Å²) in [5.74, 6) is 0. The first-order valence-corrected chi connectivity index (χ1v) is 8.95. The summed E-state index contributed by atoms with van der Waals surface area (Å²) in [6, 6.07) is 2.27. The van der Waals surface area contributed by atoms with Crippen LogP contribution in [0, 0.1) is 0 Å². The van der Waals surface area contributed by atoms with E-state index in [4.69, 9.17) is 0 Å². The molecule has 2 saturated heterocycles. The minimum atomic E-state index is 0.683. The second-order valence-corrected chi connectivity index (χ2v) is 6.86. The molecule has 0 aromatic heterocycles. The molecule has 0 aromatic carbocycles. The van der Waals surface area contributed by atoms with Crippen LogP contribution in [0.3, 0.4) is 0 Å². The van der Waals surface area contributed by atoms with Gasteiger partial charge in [-0.15, -0.1) is 0 Å². The van der Waals surface area contributed by atoms with E-state index in [0.29, 0.717) is 6.04 Å². The van der Waals surface area contributed by atoms with Crippen LogP contribution in [0.5, 0.6) is 0 Å². The Morgan fingerprint density at radius 2 is 1.65 bits per heavy atom. The zero-order chi connectivity index (χ0) is 14.4. The highest BCUT2D eigenvalue weighted by Crippen LogP contribution is 2.20. The predicted octanol–water partition coefficient (Wildman–Crippen LogP) is 2.71. The third kappa shape index (κ3) is 4.71. The van der Waals surface area contributed by atoms with Crippen molar-refractivity contribution < 1.29 is 0 Å². The lowest BCUT2D eigenvalue weighted by Gasteiger charge is -2.41. The summed E-state index contributed by atoms with van der Waals surface area (Å²) in [7, 11) is 0. The van der Waals surface area contributed by atoms with E-state index in [0.717, 1.165) is 12.1 Å². The molecule has 2 heterocycles. The Morgan fingerprint density at radius 1 is 0.950 bits per heavy atom. The number of hydrogen-bond donors (Lipinski definition) is 1. The molecule has 0 saturated carbocycles. The molecular weight excluding hydrogens is 246 g/mol. The predicted molar refractivity (Wildman–Crippen MR) is 87.2 cm³/mol. The van der Waals surface area contributed by atoms with Crippen LogP contribution in [-0.2, 0) is 0 Å². The largest absolute Gasteiger partial charge is 0.311 e.